The first kappa shape index (κ1) is 28.3. The summed E-state index contributed by atoms with van der Waals surface area (Å²) < 4.78 is 36.4. The van der Waals surface area contributed by atoms with Crippen LogP contribution in [-0.4, -0.2) is 108 Å². The molecule has 2 aliphatic rings. The summed E-state index contributed by atoms with van der Waals surface area (Å²) in [5, 5.41) is 33.3. The third-order valence-corrected chi connectivity index (χ3v) is 9.48. The Hall–Kier alpha value is -3.69. The van der Waals surface area contributed by atoms with Gasteiger partial charge in [-0.25, -0.2) is 22.7 Å². The number of amides is 2. The number of nitrogens with one attached hydrogen (secondary N) is 2. The van der Waals surface area contributed by atoms with Gasteiger partial charge in [-0.3, -0.25) is 19.3 Å². The number of carbonyl (C=O) groups excluding carboxylic acids is 2. The molecule has 1 fully saturated rings. The molecule has 0 saturated carbocycles. The van der Waals surface area contributed by atoms with Crippen molar-refractivity contribution in [2.45, 2.75) is 22.0 Å². The molecule has 2 aromatic rings. The molecule has 0 bridgehead atoms. The summed E-state index contributed by atoms with van der Waals surface area (Å²) in [4.78, 5) is 61.6. The molecular formula is C18H19N7O11S3. The first-order valence-electron chi connectivity index (χ1n) is 10.6. The van der Waals surface area contributed by atoms with Crippen LogP contribution < -0.4 is 10.9 Å². The predicted octanol–water partition coefficient (Wildman–Crippen LogP) is -2.39. The minimum absolute atomic E-state index is 0.137. The molecule has 0 radical (unpaired) electrons. The van der Waals surface area contributed by atoms with Crippen LogP contribution in [0, 0.1) is 0 Å². The number of β-lactam (4-membered cyclic amide) rings is 1. The van der Waals surface area contributed by atoms with Gasteiger partial charge in [0.25, 0.3) is 17.2 Å². The van der Waals surface area contributed by atoms with Crippen molar-refractivity contribution in [1.29, 1.82) is 0 Å². The van der Waals surface area contributed by atoms with Crippen LogP contribution in [0.3, 0.4) is 0 Å². The predicted molar refractivity (Wildman–Crippen MR) is 129 cm³/mol. The number of tetrazole rings is 1. The van der Waals surface area contributed by atoms with Crippen LogP contribution in [0.1, 0.15) is 16.1 Å². The average molecular weight is 606 g/mol. The lowest BCUT2D eigenvalue weighted by Crippen LogP contribution is -2.81. The number of nitrogens with zero attached hydrogens (tertiary/aromatic N) is 5. The number of aromatic nitrogens is 5. The number of H-pyrrole nitrogens is 1. The summed E-state index contributed by atoms with van der Waals surface area (Å²) >= 11 is 2.25. The number of ether oxygens (including phenoxy) is 1. The van der Waals surface area contributed by atoms with Crippen LogP contribution in [-0.2, 0) is 41.8 Å². The molecule has 2 aliphatic heterocycles. The maximum Gasteiger partial charge on any atom is 0.352 e. The Labute approximate surface area is 226 Å². The van der Waals surface area contributed by atoms with Crippen LogP contribution >= 0.6 is 23.5 Å². The Morgan fingerprint density at radius 1 is 1.31 bits per heavy atom. The molecule has 0 unspecified atom stereocenters. The normalized spacial score (nSPS) is 20.9. The van der Waals surface area contributed by atoms with Crippen molar-refractivity contribution in [2.75, 3.05) is 24.4 Å². The topological polar surface area (TPSA) is 257 Å². The van der Waals surface area contributed by atoms with Gasteiger partial charge in [0.15, 0.2) is 21.2 Å². The fourth-order valence-electron chi connectivity index (χ4n) is 3.90. The Morgan fingerprint density at radius 3 is 2.62 bits per heavy atom. The number of aromatic carboxylic acids is 1. The fourth-order valence-corrected chi connectivity index (χ4v) is 7.50. The smallest absolute Gasteiger partial charge is 0.352 e. The molecule has 0 aromatic carbocycles. The van der Waals surface area contributed by atoms with E-state index in [9.17, 15) is 37.5 Å². The van der Waals surface area contributed by atoms with E-state index in [4.69, 9.17) is 9.84 Å². The second kappa shape index (κ2) is 10.5. The van der Waals surface area contributed by atoms with E-state index in [2.05, 4.69) is 25.4 Å². The van der Waals surface area contributed by atoms with E-state index in [1.807, 2.05) is 0 Å². The molecule has 2 aromatic heterocycles. The molecule has 1 saturated heterocycles. The molecule has 18 nitrogen and oxygen atoms in total. The zero-order valence-electron chi connectivity index (χ0n) is 19.9. The van der Waals surface area contributed by atoms with Crippen molar-refractivity contribution in [3.05, 3.63) is 32.9 Å². The summed E-state index contributed by atoms with van der Waals surface area (Å²) in [7, 11) is -1.70. The summed E-state index contributed by atoms with van der Waals surface area (Å²) in [6.07, 6.45) is 0. The molecule has 0 spiro atoms. The maximum atomic E-state index is 13.2. The molecule has 4 heterocycles. The SMILES string of the molecule is CO[C@@]1(NC(=O)CS(=O)(=O)Cc2o[nH]c(=O)c2C(=O)O)C(=O)N2C(C(=O)O)=C(CSc3nnnn3C)CS[C@@H]21. The van der Waals surface area contributed by atoms with E-state index < -0.39 is 73.1 Å². The first-order valence-corrected chi connectivity index (χ1v) is 14.4. The largest absolute Gasteiger partial charge is 0.477 e. The van der Waals surface area contributed by atoms with E-state index in [0.717, 1.165) is 35.5 Å². The summed E-state index contributed by atoms with van der Waals surface area (Å²) in [5.41, 5.74) is -4.04. The van der Waals surface area contributed by atoms with Gasteiger partial charge in [0.2, 0.25) is 11.1 Å². The number of thioether (sulfide) groups is 2. The number of fused-ring (bicyclic) bond motifs is 1. The lowest BCUT2D eigenvalue weighted by atomic mass is 9.98. The van der Waals surface area contributed by atoms with Gasteiger partial charge in [0.05, 0.1) is 0 Å². The number of hydrogen-bond acceptors (Lipinski definition) is 14. The number of carbonyl (C=O) groups is 4. The molecule has 4 N–H and O–H groups in total. The Bertz CT molecular complexity index is 1560. The van der Waals surface area contributed by atoms with Crippen molar-refractivity contribution in [2.24, 2.45) is 7.05 Å². The van der Waals surface area contributed by atoms with Gasteiger partial charge in [0.1, 0.15) is 22.6 Å². The average Bonchev–Trinajstić information content (AvgIpc) is 3.43. The second-order valence-electron chi connectivity index (χ2n) is 8.13. The zero-order valence-corrected chi connectivity index (χ0v) is 22.4. The van der Waals surface area contributed by atoms with Crippen molar-refractivity contribution < 1.29 is 47.1 Å². The molecular weight excluding hydrogens is 586 g/mol. The number of rotatable bonds is 11. The van der Waals surface area contributed by atoms with Gasteiger partial charge in [-0.05, 0) is 16.0 Å². The Balaban J connectivity index is 1.49. The number of hydrogen-bond donors (Lipinski definition) is 4. The Kier molecular flexibility index (Phi) is 7.60. The number of carboxylic acid groups (broad SMARTS) is 2. The standard InChI is InChI=1S/C18H19N7O11S3/c1-24-17(20-22-23-24)38-4-7-3-37-16-18(35-2,15(32)25(16)11(7)14(30)31)19-9(26)6-39(33,34)5-8-10(13(28)29)12(27)21-36-8/h16H,3-6H2,1-2H3,(H,19,26)(H,21,27)(H,28,29)(H,30,31)/t16-,18+/m1/s1. The molecule has 2 amide bonds. The van der Waals surface area contributed by atoms with Crippen LogP contribution in [0.2, 0.25) is 0 Å². The maximum absolute atomic E-state index is 13.2. The van der Waals surface area contributed by atoms with Crippen LogP contribution in [0.25, 0.3) is 0 Å². The summed E-state index contributed by atoms with van der Waals surface area (Å²) in [6, 6.07) is 0. The third kappa shape index (κ3) is 5.16. The number of aliphatic carboxylic acids is 1. The lowest BCUT2D eigenvalue weighted by Gasteiger charge is -2.55. The van der Waals surface area contributed by atoms with Gasteiger partial charge in [-0.2, -0.15) is 5.16 Å². The van der Waals surface area contributed by atoms with E-state index in [1.54, 1.807) is 12.2 Å². The third-order valence-electron chi connectivity index (χ3n) is 5.61. The molecule has 21 heteroatoms. The minimum Gasteiger partial charge on any atom is -0.477 e. The highest BCUT2D eigenvalue weighted by molar-refractivity contribution is 8.01. The van der Waals surface area contributed by atoms with E-state index in [1.165, 1.54) is 4.68 Å². The van der Waals surface area contributed by atoms with Crippen LogP contribution in [0.4, 0.5) is 0 Å². The van der Waals surface area contributed by atoms with Crippen molar-refractivity contribution in [3.63, 3.8) is 0 Å². The number of methoxy groups -OCH3 is 1. The van der Waals surface area contributed by atoms with E-state index in [0.29, 0.717) is 10.7 Å². The van der Waals surface area contributed by atoms with Gasteiger partial charge < -0.3 is 24.8 Å². The van der Waals surface area contributed by atoms with Crippen LogP contribution in [0.15, 0.2) is 25.7 Å². The molecule has 2 atom stereocenters. The van der Waals surface area contributed by atoms with Crippen molar-refractivity contribution in [1.82, 2.24) is 35.6 Å². The fraction of sp³-hybridized carbons (Fsp3) is 0.444. The van der Waals surface area contributed by atoms with Crippen LogP contribution in [0.5, 0.6) is 0 Å². The minimum atomic E-state index is -4.39. The van der Waals surface area contributed by atoms with Gasteiger partial charge in [-0.15, -0.1) is 16.9 Å². The number of carboxylic acids is 2. The Morgan fingerprint density at radius 2 is 2.03 bits per heavy atom. The second-order valence-corrected chi connectivity index (χ2v) is 12.2. The summed E-state index contributed by atoms with van der Waals surface area (Å²) in [5.74, 6) is -7.94. The summed E-state index contributed by atoms with van der Waals surface area (Å²) in [6.45, 7) is 0. The highest BCUT2D eigenvalue weighted by Crippen LogP contribution is 2.47. The number of aryl methyl sites for hydroxylation is 1. The highest BCUT2D eigenvalue weighted by atomic mass is 32.2. The monoisotopic (exact) mass is 605 g/mol. The molecule has 4 rings (SSSR count). The van der Waals surface area contributed by atoms with Gasteiger partial charge in [0, 0.05) is 25.7 Å². The van der Waals surface area contributed by atoms with E-state index >= 15 is 0 Å². The van der Waals surface area contributed by atoms with Crippen molar-refractivity contribution >= 4 is 57.1 Å². The van der Waals surface area contributed by atoms with Gasteiger partial charge >= 0.3 is 11.9 Å². The van der Waals surface area contributed by atoms with Crippen molar-refractivity contribution in [3.8, 4) is 0 Å². The number of sulfone groups is 1. The highest BCUT2D eigenvalue weighted by Gasteiger charge is 2.66. The van der Waals surface area contributed by atoms with E-state index in [-0.39, 0.29) is 17.2 Å². The molecule has 210 valence electrons. The first-order chi connectivity index (χ1) is 18.3. The number of aromatic amines is 1. The lowest BCUT2D eigenvalue weighted by molar-refractivity contribution is -0.192. The van der Waals surface area contributed by atoms with Gasteiger partial charge in [-0.1, -0.05) is 11.8 Å². The quantitative estimate of drug-likeness (QED) is 0.118. The molecule has 39 heavy (non-hydrogen) atoms. The molecule has 0 aliphatic carbocycles. The zero-order chi connectivity index (χ0) is 28.7.